The Balaban J connectivity index is 1.98. The zero-order chi connectivity index (χ0) is 18.2. The van der Waals surface area contributed by atoms with Crippen LogP contribution in [0.4, 0.5) is 0 Å². The summed E-state index contributed by atoms with van der Waals surface area (Å²) in [6.45, 7) is 9.70. The number of likely N-dealkylation sites (tertiary alicyclic amines) is 1. The van der Waals surface area contributed by atoms with Gasteiger partial charge in [-0.2, -0.15) is 5.06 Å². The summed E-state index contributed by atoms with van der Waals surface area (Å²) in [5.74, 6) is 0.225. The van der Waals surface area contributed by atoms with Gasteiger partial charge in [0.25, 0.3) is 5.91 Å². The number of nitrogens with zero attached hydrogens (tertiary/aromatic N) is 2. The molecule has 0 aromatic carbocycles. The molecule has 1 saturated heterocycles. The molecule has 0 unspecified atom stereocenters. The average molecular weight is 350 g/mol. The highest BCUT2D eigenvalue weighted by Crippen LogP contribution is 2.45. The lowest BCUT2D eigenvalue weighted by atomic mass is 9.79. The Kier molecular flexibility index (Phi) is 5.23. The number of hydrogen-bond acceptors (Lipinski definition) is 5. The zero-order valence-corrected chi connectivity index (χ0v) is 15.6. The second-order valence-corrected chi connectivity index (χ2v) is 7.45. The van der Waals surface area contributed by atoms with E-state index in [0.717, 1.165) is 51.6 Å². The van der Waals surface area contributed by atoms with E-state index in [1.165, 1.54) is 12.2 Å². The molecule has 3 aliphatic rings. The molecule has 3 rings (SSSR count). The lowest BCUT2D eigenvalue weighted by Gasteiger charge is -2.46. The van der Waals surface area contributed by atoms with Gasteiger partial charge < -0.3 is 9.84 Å². The zero-order valence-electron chi connectivity index (χ0n) is 15.6. The lowest BCUT2D eigenvalue weighted by molar-refractivity contribution is -0.159. The number of carbonyl (C=O) groups excluding carboxylic acids is 1. The predicted octanol–water partition coefficient (Wildman–Crippen LogP) is 2.35. The van der Waals surface area contributed by atoms with Gasteiger partial charge in [0.05, 0.1) is 18.7 Å². The van der Waals surface area contributed by atoms with Crippen molar-refractivity contribution in [3.8, 4) is 0 Å². The summed E-state index contributed by atoms with van der Waals surface area (Å²) in [7, 11) is 1.45. The van der Waals surface area contributed by atoms with Crippen LogP contribution >= 0.6 is 0 Å². The van der Waals surface area contributed by atoms with Gasteiger partial charge in [-0.25, -0.2) is 0 Å². The first kappa shape index (κ1) is 18.4. The molecule has 140 valence electrons. The molecule has 3 heterocycles. The summed E-state index contributed by atoms with van der Waals surface area (Å²) in [6, 6.07) is -0.380. The lowest BCUT2D eigenvalue weighted by Crippen LogP contribution is -2.61. The van der Waals surface area contributed by atoms with Crippen molar-refractivity contribution in [3.63, 3.8) is 0 Å². The summed E-state index contributed by atoms with van der Waals surface area (Å²) >= 11 is 0. The van der Waals surface area contributed by atoms with Gasteiger partial charge in [-0.3, -0.25) is 14.5 Å². The summed E-state index contributed by atoms with van der Waals surface area (Å²) in [5.41, 5.74) is -0.204. The minimum Gasteiger partial charge on any atom is -0.485 e. The average Bonchev–Trinajstić information content (AvgIpc) is 3.16. The van der Waals surface area contributed by atoms with Crippen molar-refractivity contribution in [1.82, 2.24) is 9.96 Å². The van der Waals surface area contributed by atoms with Crippen LogP contribution in [0.3, 0.4) is 0 Å². The number of rotatable bonds is 6. The van der Waals surface area contributed by atoms with Crippen LogP contribution in [0.2, 0.25) is 0 Å². The van der Waals surface area contributed by atoms with Gasteiger partial charge in [0.1, 0.15) is 17.4 Å². The largest absolute Gasteiger partial charge is 0.485 e. The Morgan fingerprint density at radius 2 is 2.04 bits per heavy atom. The molecule has 0 aromatic rings. The molecule has 1 fully saturated rings. The topological polar surface area (TPSA) is 62.2 Å². The number of hydroxylamine groups is 2. The summed E-state index contributed by atoms with van der Waals surface area (Å²) in [6.07, 6.45) is 5.77. The van der Waals surface area contributed by atoms with Crippen LogP contribution in [0.15, 0.2) is 23.6 Å². The Morgan fingerprint density at radius 3 is 2.64 bits per heavy atom. The monoisotopic (exact) mass is 350 g/mol. The number of hydrogen-bond donors (Lipinski definition) is 1. The van der Waals surface area contributed by atoms with Gasteiger partial charge in [-0.05, 0) is 45.7 Å². The molecule has 0 radical (unpaired) electrons. The van der Waals surface area contributed by atoms with Crippen molar-refractivity contribution in [1.29, 1.82) is 0 Å². The fraction of sp³-hybridized carbons (Fsp3) is 0.737. The molecule has 0 spiro atoms. The van der Waals surface area contributed by atoms with E-state index in [1.54, 1.807) is 0 Å². The standard InChI is InChI=1S/C19H30N2O4/c1-5-6-7-10-14-19(3,23)17(20-11-8-9-12-20)15-16(25-14)13(2)21(24-4)18(15)22/h14,17,23H,2,5-12H2,1,3-4H3/t14-,17+,19-/m0/s1. The second-order valence-electron chi connectivity index (χ2n) is 7.45. The van der Waals surface area contributed by atoms with Crippen molar-refractivity contribution in [2.24, 2.45) is 0 Å². The van der Waals surface area contributed by atoms with E-state index >= 15 is 0 Å². The van der Waals surface area contributed by atoms with Crippen molar-refractivity contribution >= 4 is 5.91 Å². The van der Waals surface area contributed by atoms with Crippen molar-refractivity contribution < 1.29 is 19.5 Å². The van der Waals surface area contributed by atoms with Gasteiger partial charge >= 0.3 is 0 Å². The van der Waals surface area contributed by atoms with E-state index in [9.17, 15) is 9.90 Å². The Labute approximate surface area is 150 Å². The molecule has 6 nitrogen and oxygen atoms in total. The molecule has 0 aliphatic carbocycles. The quantitative estimate of drug-likeness (QED) is 0.745. The van der Waals surface area contributed by atoms with Crippen LogP contribution in [0.1, 0.15) is 52.4 Å². The van der Waals surface area contributed by atoms with E-state index < -0.39 is 5.60 Å². The molecule has 0 bridgehead atoms. The highest BCUT2D eigenvalue weighted by molar-refractivity contribution is 6.00. The Bertz CT molecular complexity index is 578. The summed E-state index contributed by atoms with van der Waals surface area (Å²) < 4.78 is 6.14. The number of unbranched alkanes of at least 4 members (excludes halogenated alkanes) is 2. The molecular formula is C19H30N2O4. The maximum Gasteiger partial charge on any atom is 0.283 e. The van der Waals surface area contributed by atoms with Crippen LogP contribution in [0, 0.1) is 0 Å². The molecule has 0 aromatic heterocycles. The number of amides is 1. The smallest absolute Gasteiger partial charge is 0.283 e. The minimum absolute atomic E-state index is 0.272. The normalized spacial score (nSPS) is 33.2. The van der Waals surface area contributed by atoms with Crippen LogP contribution in [-0.4, -0.2) is 58.9 Å². The first-order chi connectivity index (χ1) is 11.9. The number of aliphatic hydroxyl groups is 1. The van der Waals surface area contributed by atoms with Gasteiger partial charge in [0.2, 0.25) is 0 Å². The van der Waals surface area contributed by atoms with E-state index in [0.29, 0.717) is 17.0 Å². The first-order valence-corrected chi connectivity index (χ1v) is 9.38. The minimum atomic E-state index is -1.13. The van der Waals surface area contributed by atoms with Gasteiger partial charge in [0.15, 0.2) is 5.76 Å². The highest BCUT2D eigenvalue weighted by Gasteiger charge is 2.56. The van der Waals surface area contributed by atoms with Crippen molar-refractivity contribution in [2.75, 3.05) is 20.2 Å². The van der Waals surface area contributed by atoms with Crippen molar-refractivity contribution in [2.45, 2.75) is 70.1 Å². The fourth-order valence-electron chi connectivity index (χ4n) is 4.36. The third kappa shape index (κ3) is 3.00. The Morgan fingerprint density at radius 1 is 1.36 bits per heavy atom. The predicted molar refractivity (Wildman–Crippen MR) is 94.3 cm³/mol. The molecular weight excluding hydrogens is 320 g/mol. The van der Waals surface area contributed by atoms with Crippen LogP contribution in [-0.2, 0) is 14.4 Å². The van der Waals surface area contributed by atoms with E-state index in [4.69, 9.17) is 9.57 Å². The van der Waals surface area contributed by atoms with E-state index in [2.05, 4.69) is 18.4 Å². The van der Waals surface area contributed by atoms with E-state index in [1.807, 2.05) is 6.92 Å². The third-order valence-corrected chi connectivity index (χ3v) is 5.66. The number of ether oxygens (including phenoxy) is 1. The van der Waals surface area contributed by atoms with Gasteiger partial charge in [-0.15, -0.1) is 0 Å². The van der Waals surface area contributed by atoms with Crippen LogP contribution in [0.25, 0.3) is 0 Å². The maximum atomic E-state index is 12.9. The van der Waals surface area contributed by atoms with Gasteiger partial charge in [-0.1, -0.05) is 26.3 Å². The maximum absolute atomic E-state index is 12.9. The summed E-state index contributed by atoms with van der Waals surface area (Å²) in [4.78, 5) is 20.3. The third-order valence-electron chi connectivity index (χ3n) is 5.66. The van der Waals surface area contributed by atoms with Crippen LogP contribution in [0.5, 0.6) is 0 Å². The molecule has 3 aliphatic heterocycles. The van der Waals surface area contributed by atoms with Gasteiger partial charge in [0, 0.05) is 0 Å². The second kappa shape index (κ2) is 7.09. The number of carbonyl (C=O) groups is 1. The highest BCUT2D eigenvalue weighted by atomic mass is 16.7. The molecule has 0 saturated carbocycles. The molecule has 1 N–H and O–H groups in total. The molecule has 1 amide bonds. The molecule has 3 atom stereocenters. The molecule has 25 heavy (non-hydrogen) atoms. The Hall–Kier alpha value is -1.37. The molecule has 6 heteroatoms. The van der Waals surface area contributed by atoms with Crippen molar-refractivity contribution in [3.05, 3.63) is 23.6 Å². The first-order valence-electron chi connectivity index (χ1n) is 9.38. The fourth-order valence-corrected chi connectivity index (χ4v) is 4.36. The van der Waals surface area contributed by atoms with E-state index in [-0.39, 0.29) is 18.1 Å². The summed E-state index contributed by atoms with van der Waals surface area (Å²) in [5, 5.41) is 12.6. The van der Waals surface area contributed by atoms with Crippen LogP contribution < -0.4 is 0 Å². The SMILES string of the molecule is C=C1C2=C(C(=O)N1OC)[C@@H](N1CCCC1)[C@@](C)(O)[C@H](CCCCC)O2.